The number of benzene rings is 2. The molecule has 0 aliphatic carbocycles. The molecule has 0 aliphatic rings. The standard InChI is InChI=1S/C23H30ClN3O/c1-5-12-27(16(3)6-2)13-11-25-23-19-9-7-17(24)14-22(19)26-21-10-8-18(28-4)15-20(21)23/h7-10,14-16H,5-6,11-13H2,1-4H3,(H,25,26). The topological polar surface area (TPSA) is 37.4 Å². The third kappa shape index (κ3) is 4.50. The van der Waals surface area contributed by atoms with E-state index >= 15 is 0 Å². The van der Waals surface area contributed by atoms with E-state index in [0.717, 1.165) is 59.3 Å². The van der Waals surface area contributed by atoms with Crippen molar-refractivity contribution in [2.45, 2.75) is 39.7 Å². The van der Waals surface area contributed by atoms with Crippen molar-refractivity contribution >= 4 is 39.1 Å². The molecule has 0 amide bonds. The molecule has 28 heavy (non-hydrogen) atoms. The summed E-state index contributed by atoms with van der Waals surface area (Å²) in [5.74, 6) is 0.831. The van der Waals surface area contributed by atoms with Gasteiger partial charge in [0.05, 0.1) is 23.8 Å². The Kier molecular flexibility index (Phi) is 6.97. The number of pyridine rings is 1. The van der Waals surface area contributed by atoms with E-state index in [1.807, 2.05) is 30.3 Å². The average molecular weight is 400 g/mol. The molecule has 1 heterocycles. The van der Waals surface area contributed by atoms with Crippen LogP contribution in [-0.4, -0.2) is 42.7 Å². The number of hydrogen-bond acceptors (Lipinski definition) is 4. The summed E-state index contributed by atoms with van der Waals surface area (Å²) in [7, 11) is 1.69. The number of nitrogens with zero attached hydrogens (tertiary/aromatic N) is 2. The number of rotatable bonds is 9. The molecule has 0 saturated heterocycles. The predicted molar refractivity (Wildman–Crippen MR) is 121 cm³/mol. The van der Waals surface area contributed by atoms with Crippen LogP contribution >= 0.6 is 11.6 Å². The minimum atomic E-state index is 0.589. The average Bonchev–Trinajstić information content (AvgIpc) is 2.71. The molecule has 5 heteroatoms. The monoisotopic (exact) mass is 399 g/mol. The highest BCUT2D eigenvalue weighted by molar-refractivity contribution is 6.31. The number of aromatic nitrogens is 1. The second-order valence-corrected chi connectivity index (χ2v) is 7.69. The highest BCUT2D eigenvalue weighted by atomic mass is 35.5. The van der Waals surface area contributed by atoms with Crippen LogP contribution in [0, 0.1) is 0 Å². The molecular weight excluding hydrogens is 370 g/mol. The maximum absolute atomic E-state index is 6.21. The Morgan fingerprint density at radius 3 is 2.61 bits per heavy atom. The van der Waals surface area contributed by atoms with Crippen molar-refractivity contribution in [2.75, 3.05) is 32.1 Å². The Labute approximate surface area is 172 Å². The fourth-order valence-electron chi connectivity index (χ4n) is 3.64. The van der Waals surface area contributed by atoms with E-state index in [4.69, 9.17) is 21.3 Å². The molecule has 0 spiro atoms. The number of hydrogen-bond donors (Lipinski definition) is 1. The lowest BCUT2D eigenvalue weighted by Gasteiger charge is -2.28. The number of nitrogens with one attached hydrogen (secondary N) is 1. The van der Waals surface area contributed by atoms with E-state index in [9.17, 15) is 0 Å². The number of fused-ring (bicyclic) bond motifs is 2. The van der Waals surface area contributed by atoms with Gasteiger partial charge in [-0.15, -0.1) is 0 Å². The van der Waals surface area contributed by atoms with Crippen molar-refractivity contribution in [1.82, 2.24) is 9.88 Å². The summed E-state index contributed by atoms with van der Waals surface area (Å²) in [6, 6.07) is 12.5. The van der Waals surface area contributed by atoms with Gasteiger partial charge >= 0.3 is 0 Å². The quantitative estimate of drug-likeness (QED) is 0.449. The minimum absolute atomic E-state index is 0.589. The Bertz CT molecular complexity index is 944. The summed E-state index contributed by atoms with van der Waals surface area (Å²) in [6.07, 6.45) is 2.33. The molecule has 0 fully saturated rings. The second-order valence-electron chi connectivity index (χ2n) is 7.25. The fraction of sp³-hybridized carbons (Fsp3) is 0.435. The molecule has 1 aromatic heterocycles. The zero-order valence-electron chi connectivity index (χ0n) is 17.3. The van der Waals surface area contributed by atoms with Crippen molar-refractivity contribution in [2.24, 2.45) is 0 Å². The SMILES string of the molecule is CCCN(CCNc1c2ccc(Cl)cc2nc2ccc(OC)cc12)C(C)CC. The van der Waals surface area contributed by atoms with Crippen molar-refractivity contribution in [3.8, 4) is 5.75 Å². The Morgan fingerprint density at radius 1 is 1.07 bits per heavy atom. The molecule has 0 bridgehead atoms. The van der Waals surface area contributed by atoms with Crippen LogP contribution in [0.4, 0.5) is 5.69 Å². The fourth-order valence-corrected chi connectivity index (χ4v) is 3.80. The number of ether oxygens (including phenoxy) is 1. The first kappa shape index (κ1) is 20.7. The molecular formula is C23H30ClN3O. The van der Waals surface area contributed by atoms with Crippen molar-refractivity contribution in [3.05, 3.63) is 41.4 Å². The Hall–Kier alpha value is -2.04. The molecule has 3 aromatic rings. The van der Waals surface area contributed by atoms with Gasteiger partial charge in [0, 0.05) is 34.9 Å². The highest BCUT2D eigenvalue weighted by Crippen LogP contribution is 2.34. The van der Waals surface area contributed by atoms with Gasteiger partial charge in [-0.05, 0) is 62.7 Å². The summed E-state index contributed by atoms with van der Waals surface area (Å²) in [5, 5.41) is 6.54. The summed E-state index contributed by atoms with van der Waals surface area (Å²) < 4.78 is 5.44. The zero-order chi connectivity index (χ0) is 20.1. The lowest BCUT2D eigenvalue weighted by molar-refractivity contribution is 0.212. The molecule has 150 valence electrons. The number of anilines is 1. The van der Waals surface area contributed by atoms with Crippen LogP contribution in [0.3, 0.4) is 0 Å². The van der Waals surface area contributed by atoms with Gasteiger partial charge in [0.2, 0.25) is 0 Å². The summed E-state index contributed by atoms with van der Waals surface area (Å²) in [6.45, 7) is 9.80. The summed E-state index contributed by atoms with van der Waals surface area (Å²) >= 11 is 6.21. The maximum Gasteiger partial charge on any atom is 0.119 e. The second kappa shape index (κ2) is 9.44. The molecule has 0 saturated carbocycles. The molecule has 3 rings (SSSR count). The Balaban J connectivity index is 1.96. The number of halogens is 1. The largest absolute Gasteiger partial charge is 0.497 e. The van der Waals surface area contributed by atoms with E-state index in [1.165, 1.54) is 6.42 Å². The van der Waals surface area contributed by atoms with Gasteiger partial charge in [-0.1, -0.05) is 25.4 Å². The van der Waals surface area contributed by atoms with Gasteiger partial charge < -0.3 is 10.1 Å². The van der Waals surface area contributed by atoms with Crippen LogP contribution in [0.2, 0.25) is 5.02 Å². The van der Waals surface area contributed by atoms with Gasteiger partial charge in [-0.3, -0.25) is 4.90 Å². The minimum Gasteiger partial charge on any atom is -0.497 e. The molecule has 0 aliphatic heterocycles. The predicted octanol–water partition coefficient (Wildman–Crippen LogP) is 5.97. The first-order valence-electron chi connectivity index (χ1n) is 10.1. The summed E-state index contributed by atoms with van der Waals surface area (Å²) in [4.78, 5) is 7.35. The van der Waals surface area contributed by atoms with Crippen LogP contribution in [0.15, 0.2) is 36.4 Å². The molecule has 4 nitrogen and oxygen atoms in total. The van der Waals surface area contributed by atoms with E-state index in [2.05, 4.69) is 37.1 Å². The van der Waals surface area contributed by atoms with Crippen LogP contribution in [0.5, 0.6) is 5.75 Å². The highest BCUT2D eigenvalue weighted by Gasteiger charge is 2.13. The van der Waals surface area contributed by atoms with Gasteiger partial charge in [-0.2, -0.15) is 0 Å². The maximum atomic E-state index is 6.21. The van der Waals surface area contributed by atoms with Gasteiger partial charge in [-0.25, -0.2) is 4.98 Å². The van der Waals surface area contributed by atoms with Gasteiger partial charge in [0.15, 0.2) is 0 Å². The third-order valence-electron chi connectivity index (χ3n) is 5.37. The zero-order valence-corrected chi connectivity index (χ0v) is 18.0. The van der Waals surface area contributed by atoms with Crippen LogP contribution in [-0.2, 0) is 0 Å². The molecule has 1 N–H and O–H groups in total. The smallest absolute Gasteiger partial charge is 0.119 e. The van der Waals surface area contributed by atoms with E-state index in [1.54, 1.807) is 7.11 Å². The van der Waals surface area contributed by atoms with Crippen molar-refractivity contribution in [3.63, 3.8) is 0 Å². The first-order valence-corrected chi connectivity index (χ1v) is 10.5. The van der Waals surface area contributed by atoms with E-state index in [0.29, 0.717) is 11.1 Å². The summed E-state index contributed by atoms with van der Waals surface area (Å²) in [5.41, 5.74) is 2.93. The van der Waals surface area contributed by atoms with Gasteiger partial charge in [0.1, 0.15) is 5.75 Å². The normalized spacial score (nSPS) is 12.6. The van der Waals surface area contributed by atoms with Crippen molar-refractivity contribution < 1.29 is 4.74 Å². The van der Waals surface area contributed by atoms with E-state index < -0.39 is 0 Å². The third-order valence-corrected chi connectivity index (χ3v) is 5.60. The van der Waals surface area contributed by atoms with Crippen molar-refractivity contribution in [1.29, 1.82) is 0 Å². The first-order chi connectivity index (χ1) is 13.6. The Morgan fingerprint density at radius 2 is 1.89 bits per heavy atom. The molecule has 0 radical (unpaired) electrons. The van der Waals surface area contributed by atoms with E-state index in [-0.39, 0.29) is 0 Å². The van der Waals surface area contributed by atoms with Gasteiger partial charge in [0.25, 0.3) is 0 Å². The van der Waals surface area contributed by atoms with Crippen LogP contribution in [0.1, 0.15) is 33.6 Å². The lowest BCUT2D eigenvalue weighted by Crippen LogP contribution is -2.37. The van der Waals surface area contributed by atoms with Crippen LogP contribution < -0.4 is 10.1 Å². The lowest BCUT2D eigenvalue weighted by atomic mass is 10.1. The number of methoxy groups -OCH3 is 1. The molecule has 1 unspecified atom stereocenters. The molecule has 2 aromatic carbocycles. The molecule has 1 atom stereocenters. The van der Waals surface area contributed by atoms with Crippen LogP contribution in [0.25, 0.3) is 21.8 Å².